The number of unbranched alkanes of at least 4 members (excludes halogenated alkanes) is 2. The van der Waals surface area contributed by atoms with Crippen LogP contribution in [0.15, 0.2) is 29.2 Å². The van der Waals surface area contributed by atoms with Crippen LogP contribution in [0, 0.1) is 6.92 Å². The Hall–Kier alpha value is -0.670. The molecule has 0 saturated carbocycles. The van der Waals surface area contributed by atoms with Crippen LogP contribution in [0.4, 0.5) is 0 Å². The van der Waals surface area contributed by atoms with Crippen LogP contribution in [-0.4, -0.2) is 16.4 Å². The van der Waals surface area contributed by atoms with E-state index in [9.17, 15) is 4.55 Å². The van der Waals surface area contributed by atoms with Crippen molar-refractivity contribution in [2.45, 2.75) is 44.1 Å². The van der Waals surface area contributed by atoms with Crippen LogP contribution in [0.25, 0.3) is 0 Å². The van der Waals surface area contributed by atoms with E-state index >= 15 is 0 Å². The summed E-state index contributed by atoms with van der Waals surface area (Å²) in [5, 5.41) is 0. The lowest BCUT2D eigenvalue weighted by molar-refractivity contribution is 0.242. The highest BCUT2D eigenvalue weighted by atomic mass is 32.2. The van der Waals surface area contributed by atoms with E-state index in [1.807, 2.05) is 38.1 Å². The second kappa shape index (κ2) is 7.62. The maximum atomic E-state index is 11.9. The molecule has 0 aliphatic carbocycles. The van der Waals surface area contributed by atoms with Crippen molar-refractivity contribution in [1.82, 2.24) is 0 Å². The lowest BCUT2D eigenvalue weighted by Gasteiger charge is -2.12. The molecule has 0 aliphatic heterocycles. The third-order valence-electron chi connectivity index (χ3n) is 2.29. The number of hydrogen-bond acceptors (Lipinski definition) is 2. The van der Waals surface area contributed by atoms with Gasteiger partial charge in [-0.3, -0.25) is 0 Å². The zero-order valence-corrected chi connectivity index (χ0v) is 11.5. The Labute approximate surface area is 108 Å². The van der Waals surface area contributed by atoms with Crippen molar-refractivity contribution in [3.8, 4) is 5.75 Å². The van der Waals surface area contributed by atoms with E-state index in [2.05, 4.69) is 6.92 Å². The van der Waals surface area contributed by atoms with Crippen LogP contribution in [0.1, 0.15) is 33.1 Å². The van der Waals surface area contributed by atoms with E-state index in [1.54, 1.807) is 0 Å². The molecule has 0 fully saturated rings. The predicted octanol–water partition coefficient (Wildman–Crippen LogP) is 3.59. The van der Waals surface area contributed by atoms with Gasteiger partial charge in [0, 0.05) is 0 Å². The monoisotopic (exact) mass is 253 g/mol. The lowest BCUT2D eigenvalue weighted by Crippen LogP contribution is -2.08. The van der Waals surface area contributed by atoms with Crippen LogP contribution in [0.3, 0.4) is 0 Å². The Morgan fingerprint density at radius 1 is 1.24 bits per heavy atom. The molecule has 2 nitrogen and oxygen atoms in total. The van der Waals surface area contributed by atoms with E-state index < -0.39 is 11.2 Å². The van der Waals surface area contributed by atoms with Crippen molar-refractivity contribution in [1.29, 1.82) is 0 Å². The molecule has 1 unspecified atom stereocenters. The number of benzene rings is 1. The molecular weight excluding hydrogens is 232 g/mol. The molecule has 0 aromatic heterocycles. The van der Waals surface area contributed by atoms with Gasteiger partial charge in [0.05, 0.1) is 6.10 Å². The number of rotatable bonds is 7. The first-order valence-corrected chi connectivity index (χ1v) is 7.39. The summed E-state index contributed by atoms with van der Waals surface area (Å²) in [5.74, 6) is 1.55. The molecule has 17 heavy (non-hydrogen) atoms. The third-order valence-corrected chi connectivity index (χ3v) is 3.75. The first-order valence-electron chi connectivity index (χ1n) is 6.08. The largest absolute Gasteiger partial charge is 0.611 e. The molecule has 0 spiro atoms. The van der Waals surface area contributed by atoms with Gasteiger partial charge in [-0.05, 0) is 62.1 Å². The lowest BCUT2D eigenvalue weighted by atomic mass is 10.3. The average Bonchev–Trinajstić information content (AvgIpc) is 2.29. The summed E-state index contributed by atoms with van der Waals surface area (Å²) in [6.07, 6.45) is 3.10. The third kappa shape index (κ3) is 5.46. The fraction of sp³-hybridized carbons (Fsp3) is 0.500. The predicted molar refractivity (Wildman–Crippen MR) is 72.7 cm³/mol. The average molecular weight is 253 g/mol. The molecule has 0 amide bonds. The maximum absolute atomic E-state index is 11.9. The summed E-state index contributed by atoms with van der Waals surface area (Å²) in [7, 11) is 0. The molecule has 0 heterocycles. The standard InChI is InChI=1S/C14H21O2S/c1-4-5-6-11-17(15)14-9-7-13(8-10-14)16-12(2)3/h7-10,12H,1,4-6,11H2,2-3H3. The molecule has 0 bridgehead atoms. The molecular formula is C14H21O2S. The highest BCUT2D eigenvalue weighted by Gasteiger charge is 2.10. The van der Waals surface area contributed by atoms with Gasteiger partial charge >= 0.3 is 0 Å². The quantitative estimate of drug-likeness (QED) is 0.549. The Balaban J connectivity index is 2.48. The highest BCUT2D eigenvalue weighted by Crippen LogP contribution is 2.18. The van der Waals surface area contributed by atoms with Crippen LogP contribution in [0.2, 0.25) is 0 Å². The van der Waals surface area contributed by atoms with Gasteiger partial charge in [0.1, 0.15) is 11.5 Å². The van der Waals surface area contributed by atoms with Crippen molar-refractivity contribution < 1.29 is 9.29 Å². The van der Waals surface area contributed by atoms with Crippen molar-refractivity contribution in [3.05, 3.63) is 31.2 Å². The number of hydrogen-bond donors (Lipinski definition) is 0. The zero-order chi connectivity index (χ0) is 12.7. The van der Waals surface area contributed by atoms with Crippen molar-refractivity contribution in [2.24, 2.45) is 0 Å². The van der Waals surface area contributed by atoms with Crippen LogP contribution in [-0.2, 0) is 11.2 Å². The fourth-order valence-electron chi connectivity index (χ4n) is 1.47. The Bertz CT molecular complexity index is 309. The number of ether oxygens (including phenoxy) is 1. The van der Waals surface area contributed by atoms with E-state index in [0.717, 1.165) is 35.7 Å². The molecule has 0 N–H and O–H groups in total. The minimum atomic E-state index is -0.889. The van der Waals surface area contributed by atoms with Gasteiger partial charge in [-0.25, -0.2) is 0 Å². The maximum Gasteiger partial charge on any atom is 0.152 e. The minimum absolute atomic E-state index is 0.170. The first-order chi connectivity index (χ1) is 8.13. The minimum Gasteiger partial charge on any atom is -0.611 e. The van der Waals surface area contributed by atoms with Gasteiger partial charge in [-0.1, -0.05) is 13.3 Å². The van der Waals surface area contributed by atoms with E-state index in [4.69, 9.17) is 4.74 Å². The second-order valence-corrected chi connectivity index (χ2v) is 5.82. The Morgan fingerprint density at radius 3 is 2.41 bits per heavy atom. The van der Waals surface area contributed by atoms with E-state index in [-0.39, 0.29) is 6.10 Å². The molecule has 0 saturated heterocycles. The summed E-state index contributed by atoms with van der Waals surface area (Å²) < 4.78 is 17.4. The van der Waals surface area contributed by atoms with Gasteiger partial charge in [0.15, 0.2) is 4.90 Å². The van der Waals surface area contributed by atoms with Crippen LogP contribution >= 0.6 is 0 Å². The second-order valence-electron chi connectivity index (χ2n) is 4.25. The topological polar surface area (TPSA) is 32.3 Å². The van der Waals surface area contributed by atoms with E-state index in [0.29, 0.717) is 0 Å². The fourth-order valence-corrected chi connectivity index (χ4v) is 2.61. The molecule has 3 heteroatoms. The molecule has 1 rings (SSSR count). The van der Waals surface area contributed by atoms with Crippen molar-refractivity contribution in [3.63, 3.8) is 0 Å². The van der Waals surface area contributed by atoms with Crippen LogP contribution < -0.4 is 4.74 Å². The molecule has 95 valence electrons. The Kier molecular flexibility index (Phi) is 6.45. The summed E-state index contributed by atoms with van der Waals surface area (Å²) in [6.45, 7) is 7.76. The molecule has 0 aliphatic rings. The zero-order valence-electron chi connectivity index (χ0n) is 10.6. The van der Waals surface area contributed by atoms with Gasteiger partial charge in [0.2, 0.25) is 0 Å². The smallest absolute Gasteiger partial charge is 0.152 e. The van der Waals surface area contributed by atoms with Gasteiger partial charge in [-0.2, -0.15) is 0 Å². The Morgan fingerprint density at radius 2 is 1.88 bits per heavy atom. The summed E-state index contributed by atoms with van der Waals surface area (Å²) >= 11 is -0.889. The summed E-state index contributed by atoms with van der Waals surface area (Å²) in [6, 6.07) is 7.54. The van der Waals surface area contributed by atoms with Gasteiger partial charge in [-0.15, -0.1) is 0 Å². The van der Waals surface area contributed by atoms with Crippen molar-refractivity contribution >= 4 is 11.2 Å². The molecule has 1 atom stereocenters. The summed E-state index contributed by atoms with van der Waals surface area (Å²) in [5.41, 5.74) is 0. The van der Waals surface area contributed by atoms with E-state index in [1.165, 1.54) is 0 Å². The molecule has 1 radical (unpaired) electrons. The molecule has 1 aromatic rings. The highest BCUT2D eigenvalue weighted by molar-refractivity contribution is 7.91. The molecule has 1 aromatic carbocycles. The van der Waals surface area contributed by atoms with Gasteiger partial charge < -0.3 is 9.29 Å². The van der Waals surface area contributed by atoms with Crippen molar-refractivity contribution in [2.75, 3.05) is 5.75 Å². The normalized spacial score (nSPS) is 12.8. The van der Waals surface area contributed by atoms with Gasteiger partial charge in [0.25, 0.3) is 0 Å². The first kappa shape index (κ1) is 14.4. The SMILES string of the molecule is [CH2]CCCC[S+]([O-])c1ccc(OC(C)C)cc1. The van der Waals surface area contributed by atoms with Crippen LogP contribution in [0.5, 0.6) is 5.75 Å². The summed E-state index contributed by atoms with van der Waals surface area (Å²) in [4.78, 5) is 0.880.